The maximum Gasteiger partial charge on any atom is 0.307 e. The maximum atomic E-state index is 12.2. The van der Waals surface area contributed by atoms with E-state index in [0.29, 0.717) is 12.1 Å². The topological polar surface area (TPSA) is 49.9 Å². The van der Waals surface area contributed by atoms with E-state index in [2.05, 4.69) is 23.5 Å². The molecule has 0 radical (unpaired) electrons. The molecule has 0 saturated carbocycles. The van der Waals surface area contributed by atoms with Crippen molar-refractivity contribution in [3.63, 3.8) is 0 Å². The standard InChI is InChI=1S/C16H24N2O3/c1-5-18(6-2)14-9-7-13(8-10-14)16(20)17(3)12-11-15(19)21-4/h7-10H,5-6,11-12H2,1-4H3. The van der Waals surface area contributed by atoms with Gasteiger partial charge < -0.3 is 14.5 Å². The van der Waals surface area contributed by atoms with Gasteiger partial charge in [-0.05, 0) is 38.1 Å². The third kappa shape index (κ3) is 4.77. The first kappa shape index (κ1) is 17.0. The number of methoxy groups -OCH3 is 1. The first-order valence-corrected chi connectivity index (χ1v) is 7.20. The number of esters is 1. The van der Waals surface area contributed by atoms with Crippen molar-refractivity contribution in [1.29, 1.82) is 0 Å². The number of anilines is 1. The van der Waals surface area contributed by atoms with Crippen molar-refractivity contribution in [1.82, 2.24) is 4.90 Å². The number of carbonyl (C=O) groups excluding carboxylic acids is 2. The summed E-state index contributed by atoms with van der Waals surface area (Å²) in [4.78, 5) is 27.1. The smallest absolute Gasteiger partial charge is 0.307 e. The highest BCUT2D eigenvalue weighted by atomic mass is 16.5. The van der Waals surface area contributed by atoms with Gasteiger partial charge >= 0.3 is 5.97 Å². The number of ether oxygens (including phenoxy) is 1. The SMILES string of the molecule is CCN(CC)c1ccc(C(=O)N(C)CCC(=O)OC)cc1. The van der Waals surface area contributed by atoms with Gasteiger partial charge in [0.2, 0.25) is 0 Å². The van der Waals surface area contributed by atoms with Crippen LogP contribution in [0.4, 0.5) is 5.69 Å². The molecule has 0 heterocycles. The van der Waals surface area contributed by atoms with Crippen molar-refractivity contribution in [2.24, 2.45) is 0 Å². The third-order valence-corrected chi connectivity index (χ3v) is 3.47. The Kier molecular flexibility index (Phi) is 6.72. The van der Waals surface area contributed by atoms with Gasteiger partial charge in [0.25, 0.3) is 5.91 Å². The summed E-state index contributed by atoms with van der Waals surface area (Å²) in [7, 11) is 3.03. The summed E-state index contributed by atoms with van der Waals surface area (Å²) in [5.41, 5.74) is 1.73. The second-order valence-corrected chi connectivity index (χ2v) is 4.77. The van der Waals surface area contributed by atoms with Crippen LogP contribution in [-0.2, 0) is 9.53 Å². The maximum absolute atomic E-state index is 12.2. The van der Waals surface area contributed by atoms with Gasteiger partial charge in [0, 0.05) is 37.9 Å². The van der Waals surface area contributed by atoms with Gasteiger partial charge in [-0.25, -0.2) is 0 Å². The Bertz CT molecular complexity index is 467. The van der Waals surface area contributed by atoms with E-state index in [4.69, 9.17) is 0 Å². The van der Waals surface area contributed by atoms with Gasteiger partial charge in [-0.1, -0.05) is 0 Å². The van der Waals surface area contributed by atoms with E-state index in [-0.39, 0.29) is 18.3 Å². The minimum Gasteiger partial charge on any atom is -0.469 e. The van der Waals surface area contributed by atoms with Crippen LogP contribution >= 0.6 is 0 Å². The van der Waals surface area contributed by atoms with Gasteiger partial charge in [0.05, 0.1) is 13.5 Å². The molecule has 0 spiro atoms. The fourth-order valence-corrected chi connectivity index (χ4v) is 2.09. The molecule has 0 saturated heterocycles. The first-order chi connectivity index (χ1) is 10.0. The van der Waals surface area contributed by atoms with E-state index < -0.39 is 0 Å². The molecule has 5 heteroatoms. The number of hydrogen-bond acceptors (Lipinski definition) is 4. The summed E-state index contributed by atoms with van der Waals surface area (Å²) in [6, 6.07) is 7.55. The Morgan fingerprint density at radius 3 is 2.14 bits per heavy atom. The summed E-state index contributed by atoms with van der Waals surface area (Å²) in [5, 5.41) is 0. The van der Waals surface area contributed by atoms with Crippen molar-refractivity contribution < 1.29 is 14.3 Å². The Hall–Kier alpha value is -2.04. The predicted molar refractivity (Wildman–Crippen MR) is 83.6 cm³/mol. The van der Waals surface area contributed by atoms with Gasteiger partial charge in [-0.3, -0.25) is 9.59 Å². The van der Waals surface area contributed by atoms with Crippen LogP contribution < -0.4 is 4.90 Å². The summed E-state index contributed by atoms with van der Waals surface area (Å²) >= 11 is 0. The summed E-state index contributed by atoms with van der Waals surface area (Å²) in [5.74, 6) is -0.406. The van der Waals surface area contributed by atoms with Crippen LogP contribution in [0.5, 0.6) is 0 Å². The van der Waals surface area contributed by atoms with Crippen LogP contribution in [0.25, 0.3) is 0 Å². The quantitative estimate of drug-likeness (QED) is 0.723. The second-order valence-electron chi connectivity index (χ2n) is 4.77. The Morgan fingerprint density at radius 2 is 1.67 bits per heavy atom. The predicted octanol–water partition coefficient (Wildman–Crippen LogP) is 2.17. The Labute approximate surface area is 126 Å². The molecule has 1 rings (SSSR count). The molecule has 0 unspecified atom stereocenters. The van der Waals surface area contributed by atoms with Crippen LogP contribution in [0.2, 0.25) is 0 Å². The molecule has 1 amide bonds. The van der Waals surface area contributed by atoms with Crippen molar-refractivity contribution >= 4 is 17.6 Å². The van der Waals surface area contributed by atoms with E-state index in [1.165, 1.54) is 12.0 Å². The molecule has 1 aromatic rings. The van der Waals surface area contributed by atoms with Gasteiger partial charge in [-0.2, -0.15) is 0 Å². The van der Waals surface area contributed by atoms with Crippen LogP contribution in [0.1, 0.15) is 30.6 Å². The molecule has 1 aromatic carbocycles. The molecule has 0 aliphatic heterocycles. The van der Waals surface area contributed by atoms with Crippen LogP contribution in [0, 0.1) is 0 Å². The fraction of sp³-hybridized carbons (Fsp3) is 0.500. The van der Waals surface area contributed by atoms with Crippen LogP contribution in [-0.4, -0.2) is 50.6 Å². The molecule has 0 N–H and O–H groups in total. The number of rotatable bonds is 7. The molecule has 21 heavy (non-hydrogen) atoms. The number of hydrogen-bond donors (Lipinski definition) is 0. The number of carbonyl (C=O) groups is 2. The van der Waals surface area contributed by atoms with Crippen molar-refractivity contribution in [2.75, 3.05) is 38.7 Å². The lowest BCUT2D eigenvalue weighted by molar-refractivity contribution is -0.140. The lowest BCUT2D eigenvalue weighted by Crippen LogP contribution is -2.29. The molecule has 0 fully saturated rings. The zero-order chi connectivity index (χ0) is 15.8. The van der Waals surface area contributed by atoms with E-state index in [0.717, 1.165) is 18.8 Å². The van der Waals surface area contributed by atoms with Gasteiger partial charge in [-0.15, -0.1) is 0 Å². The first-order valence-electron chi connectivity index (χ1n) is 7.20. The minimum absolute atomic E-state index is 0.0926. The highest BCUT2D eigenvalue weighted by Crippen LogP contribution is 2.15. The van der Waals surface area contributed by atoms with E-state index in [1.807, 2.05) is 24.3 Å². The number of amides is 1. The lowest BCUT2D eigenvalue weighted by atomic mass is 10.1. The Morgan fingerprint density at radius 1 is 1.10 bits per heavy atom. The molecule has 116 valence electrons. The zero-order valence-corrected chi connectivity index (χ0v) is 13.3. The average Bonchev–Trinajstić information content (AvgIpc) is 2.53. The highest BCUT2D eigenvalue weighted by Gasteiger charge is 2.13. The summed E-state index contributed by atoms with van der Waals surface area (Å²) < 4.78 is 4.57. The molecule has 0 atom stereocenters. The summed E-state index contributed by atoms with van der Waals surface area (Å²) in [6.07, 6.45) is 0.205. The van der Waals surface area contributed by atoms with Crippen molar-refractivity contribution in [3.05, 3.63) is 29.8 Å². The van der Waals surface area contributed by atoms with Gasteiger partial charge in [0.1, 0.15) is 0 Å². The second kappa shape index (κ2) is 8.29. The van der Waals surface area contributed by atoms with E-state index in [1.54, 1.807) is 7.05 Å². The number of benzene rings is 1. The van der Waals surface area contributed by atoms with Crippen LogP contribution in [0.15, 0.2) is 24.3 Å². The normalized spacial score (nSPS) is 10.1. The molecule has 0 aliphatic rings. The number of nitrogens with zero attached hydrogens (tertiary/aromatic N) is 2. The molecule has 0 aliphatic carbocycles. The molecular formula is C16H24N2O3. The van der Waals surface area contributed by atoms with E-state index >= 15 is 0 Å². The third-order valence-electron chi connectivity index (χ3n) is 3.47. The molecule has 5 nitrogen and oxygen atoms in total. The highest BCUT2D eigenvalue weighted by molar-refractivity contribution is 5.94. The van der Waals surface area contributed by atoms with E-state index in [9.17, 15) is 9.59 Å². The lowest BCUT2D eigenvalue weighted by Gasteiger charge is -2.21. The largest absolute Gasteiger partial charge is 0.469 e. The average molecular weight is 292 g/mol. The monoisotopic (exact) mass is 292 g/mol. The molecule has 0 bridgehead atoms. The molecule has 0 aromatic heterocycles. The van der Waals surface area contributed by atoms with Gasteiger partial charge in [0.15, 0.2) is 0 Å². The van der Waals surface area contributed by atoms with Crippen molar-refractivity contribution in [2.45, 2.75) is 20.3 Å². The molecular weight excluding hydrogens is 268 g/mol. The zero-order valence-electron chi connectivity index (χ0n) is 13.3. The van der Waals surface area contributed by atoms with Crippen LogP contribution in [0.3, 0.4) is 0 Å². The Balaban J connectivity index is 2.68. The summed E-state index contributed by atoms with van der Waals surface area (Å²) in [6.45, 7) is 6.42. The van der Waals surface area contributed by atoms with Crippen molar-refractivity contribution in [3.8, 4) is 0 Å². The minimum atomic E-state index is -0.313. The fourth-order valence-electron chi connectivity index (χ4n) is 2.09.